The van der Waals surface area contributed by atoms with Gasteiger partial charge in [-0.3, -0.25) is 4.79 Å². The van der Waals surface area contributed by atoms with Gasteiger partial charge >= 0.3 is 11.9 Å². The van der Waals surface area contributed by atoms with E-state index in [4.69, 9.17) is 9.47 Å². The summed E-state index contributed by atoms with van der Waals surface area (Å²) in [6, 6.07) is 0. The van der Waals surface area contributed by atoms with E-state index in [1.807, 2.05) is 6.92 Å². The number of fused-ring (bicyclic) bond motifs is 1. The number of aliphatic hydroxyl groups is 2. The number of esters is 2. The van der Waals surface area contributed by atoms with E-state index in [0.29, 0.717) is 18.4 Å². The smallest absolute Gasteiger partial charge is 0.333 e. The molecule has 0 aromatic carbocycles. The van der Waals surface area contributed by atoms with E-state index in [2.05, 4.69) is 0 Å². The zero-order chi connectivity index (χ0) is 17.0. The van der Waals surface area contributed by atoms with Crippen molar-refractivity contribution in [2.45, 2.75) is 32.3 Å². The van der Waals surface area contributed by atoms with Gasteiger partial charge in [0.2, 0.25) is 0 Å². The lowest BCUT2D eigenvalue weighted by Gasteiger charge is -2.40. The van der Waals surface area contributed by atoms with Gasteiger partial charge < -0.3 is 19.7 Å². The van der Waals surface area contributed by atoms with Crippen LogP contribution in [-0.2, 0) is 19.1 Å². The number of carbonyl (C=O) groups excluding carboxylic acids is 2. The number of hydrogen-bond acceptors (Lipinski definition) is 6. The average molecular weight is 324 g/mol. The Morgan fingerprint density at radius 3 is 2.57 bits per heavy atom. The molecule has 2 fully saturated rings. The molecule has 0 unspecified atom stereocenters. The molecule has 0 amide bonds. The average Bonchev–Trinajstić information content (AvgIpc) is 3.04. The Kier molecular flexibility index (Phi) is 3.80. The van der Waals surface area contributed by atoms with Crippen LogP contribution in [0.25, 0.3) is 0 Å². The predicted octanol–water partition coefficient (Wildman–Crippen LogP) is 0.664. The molecule has 6 nitrogen and oxygen atoms in total. The van der Waals surface area contributed by atoms with Crippen molar-refractivity contribution in [1.82, 2.24) is 0 Å². The molecule has 2 saturated carbocycles. The van der Waals surface area contributed by atoms with E-state index in [9.17, 15) is 19.8 Å². The Balaban J connectivity index is 2.13. The first-order chi connectivity index (χ1) is 10.9. The molecule has 6 heteroatoms. The maximum Gasteiger partial charge on any atom is 0.333 e. The molecule has 2 bridgehead atoms. The Morgan fingerprint density at radius 1 is 1.30 bits per heavy atom. The van der Waals surface area contributed by atoms with Crippen LogP contribution in [0.2, 0.25) is 0 Å². The highest BCUT2D eigenvalue weighted by Gasteiger charge is 2.71. The van der Waals surface area contributed by atoms with E-state index in [1.165, 1.54) is 20.3 Å². The van der Waals surface area contributed by atoms with E-state index in [0.717, 1.165) is 6.42 Å². The fraction of sp³-hybridized carbons (Fsp3) is 0.765. The second-order valence-corrected chi connectivity index (χ2v) is 7.30. The second-order valence-electron chi connectivity index (χ2n) is 7.30. The summed E-state index contributed by atoms with van der Waals surface area (Å²) in [5.41, 5.74) is -0.798. The minimum atomic E-state index is -0.919. The Bertz CT molecular complexity index is 569. The maximum absolute atomic E-state index is 12.3. The highest BCUT2D eigenvalue weighted by atomic mass is 16.5. The molecule has 0 radical (unpaired) electrons. The van der Waals surface area contributed by atoms with Crippen molar-refractivity contribution in [3.8, 4) is 0 Å². The van der Waals surface area contributed by atoms with Crippen molar-refractivity contribution < 1.29 is 29.3 Å². The third-order valence-corrected chi connectivity index (χ3v) is 6.70. The molecule has 2 N–H and O–H groups in total. The van der Waals surface area contributed by atoms with Crippen LogP contribution >= 0.6 is 0 Å². The van der Waals surface area contributed by atoms with Crippen LogP contribution in [0, 0.1) is 28.6 Å². The number of rotatable bonds is 3. The predicted molar refractivity (Wildman–Crippen MR) is 80.1 cm³/mol. The van der Waals surface area contributed by atoms with Crippen molar-refractivity contribution in [3.63, 3.8) is 0 Å². The lowest BCUT2D eigenvalue weighted by atomic mass is 9.65. The van der Waals surface area contributed by atoms with Gasteiger partial charge in [-0.1, -0.05) is 6.92 Å². The summed E-state index contributed by atoms with van der Waals surface area (Å²) in [7, 11) is 2.66. The number of ether oxygens (including phenoxy) is 2. The summed E-state index contributed by atoms with van der Waals surface area (Å²) in [5, 5.41) is 20.9. The van der Waals surface area contributed by atoms with Crippen LogP contribution in [-0.4, -0.2) is 49.1 Å². The molecule has 3 rings (SSSR count). The third-order valence-electron chi connectivity index (χ3n) is 6.70. The summed E-state index contributed by atoms with van der Waals surface area (Å²) in [5.74, 6) is -1.46. The summed E-state index contributed by atoms with van der Waals surface area (Å²) in [6.45, 7) is 1.84. The largest absolute Gasteiger partial charge is 0.469 e. The maximum atomic E-state index is 12.3. The fourth-order valence-corrected chi connectivity index (χ4v) is 5.64. The minimum Gasteiger partial charge on any atom is -0.469 e. The van der Waals surface area contributed by atoms with Gasteiger partial charge in [0, 0.05) is 23.0 Å². The van der Waals surface area contributed by atoms with Crippen LogP contribution < -0.4 is 0 Å². The monoisotopic (exact) mass is 324 g/mol. The molecule has 0 aromatic heterocycles. The van der Waals surface area contributed by atoms with E-state index >= 15 is 0 Å². The number of aliphatic hydroxyl groups excluding tert-OH is 2. The molecule has 1 spiro atoms. The van der Waals surface area contributed by atoms with Crippen LogP contribution in [0.5, 0.6) is 0 Å². The van der Waals surface area contributed by atoms with Gasteiger partial charge in [-0.05, 0) is 37.2 Å². The number of methoxy groups -OCH3 is 2. The fourth-order valence-electron chi connectivity index (χ4n) is 5.64. The van der Waals surface area contributed by atoms with E-state index in [-0.39, 0.29) is 24.4 Å². The van der Waals surface area contributed by atoms with Gasteiger partial charge in [0.05, 0.1) is 26.2 Å². The Morgan fingerprint density at radius 2 is 2.00 bits per heavy atom. The quantitative estimate of drug-likeness (QED) is 0.741. The molecular weight excluding hydrogens is 300 g/mol. The van der Waals surface area contributed by atoms with Gasteiger partial charge in [-0.2, -0.15) is 0 Å². The second kappa shape index (κ2) is 5.31. The van der Waals surface area contributed by atoms with Gasteiger partial charge in [0.1, 0.15) is 0 Å². The molecule has 0 aromatic rings. The lowest BCUT2D eigenvalue weighted by Crippen LogP contribution is -2.46. The highest BCUT2D eigenvalue weighted by Crippen LogP contribution is 2.71. The number of hydrogen-bond donors (Lipinski definition) is 2. The van der Waals surface area contributed by atoms with Crippen LogP contribution in [0.4, 0.5) is 0 Å². The Hall–Kier alpha value is -1.40. The summed E-state index contributed by atoms with van der Waals surface area (Å²) < 4.78 is 9.80. The topological polar surface area (TPSA) is 93.1 Å². The van der Waals surface area contributed by atoms with Crippen LogP contribution in [0.1, 0.15) is 26.2 Å². The van der Waals surface area contributed by atoms with Gasteiger partial charge in [0.25, 0.3) is 0 Å². The van der Waals surface area contributed by atoms with Crippen LogP contribution in [0.15, 0.2) is 11.6 Å². The van der Waals surface area contributed by atoms with Gasteiger partial charge in [-0.25, -0.2) is 4.79 Å². The Labute approximate surface area is 135 Å². The summed E-state index contributed by atoms with van der Waals surface area (Å²) >= 11 is 0. The zero-order valence-electron chi connectivity index (χ0n) is 13.7. The normalized spacial score (nSPS) is 44.5. The molecule has 0 heterocycles. The molecule has 3 aliphatic carbocycles. The zero-order valence-corrected chi connectivity index (χ0v) is 13.7. The van der Waals surface area contributed by atoms with Crippen molar-refractivity contribution in [1.29, 1.82) is 0 Å². The lowest BCUT2D eigenvalue weighted by molar-refractivity contribution is -0.153. The van der Waals surface area contributed by atoms with Gasteiger partial charge in [0.15, 0.2) is 0 Å². The standard InChI is InChI=1S/C17H24O6/c1-16(8-18)11-7-17(13(19)6-9(11)14(20)22-2)10(15(21)23-3)4-5-12(16)17/h6,10-13,18-19H,4-5,7-8H2,1-3H3/t10-,11-,12+,13+,16+,17-/m1/s1. The van der Waals surface area contributed by atoms with E-state index in [1.54, 1.807) is 0 Å². The third kappa shape index (κ3) is 1.88. The van der Waals surface area contributed by atoms with E-state index < -0.39 is 28.8 Å². The molecule has 3 aliphatic rings. The highest BCUT2D eigenvalue weighted by molar-refractivity contribution is 5.90. The molecular formula is C17H24O6. The van der Waals surface area contributed by atoms with Crippen LogP contribution in [0.3, 0.4) is 0 Å². The summed E-state index contributed by atoms with van der Waals surface area (Å²) in [4.78, 5) is 24.4. The molecule has 23 heavy (non-hydrogen) atoms. The van der Waals surface area contributed by atoms with Gasteiger partial charge in [-0.15, -0.1) is 0 Å². The van der Waals surface area contributed by atoms with Crippen molar-refractivity contribution in [2.24, 2.45) is 28.6 Å². The first kappa shape index (κ1) is 16.5. The van der Waals surface area contributed by atoms with Crippen molar-refractivity contribution in [2.75, 3.05) is 20.8 Å². The first-order valence-electron chi connectivity index (χ1n) is 8.03. The molecule has 128 valence electrons. The first-order valence-corrected chi connectivity index (χ1v) is 8.03. The molecule has 0 saturated heterocycles. The van der Waals surface area contributed by atoms with Crippen molar-refractivity contribution >= 4 is 11.9 Å². The SMILES string of the molecule is COC(=O)C1=C[C@H](O)[C@@]23C[C@H]1[C@](C)(CO)[C@@H]2CC[C@@H]3C(=O)OC. The summed E-state index contributed by atoms with van der Waals surface area (Å²) in [6.07, 6.45) is 2.48. The molecule has 0 aliphatic heterocycles. The van der Waals surface area contributed by atoms with Crippen molar-refractivity contribution in [3.05, 3.63) is 11.6 Å². The minimum absolute atomic E-state index is 0.0393. The molecule has 6 atom stereocenters. The number of carbonyl (C=O) groups is 2.